The third kappa shape index (κ3) is 6.90. The number of para-hydroxylation sites is 1. The number of carbonyl (C=O) groups excluding carboxylic acids is 3. The Morgan fingerprint density at radius 3 is 2.35 bits per heavy atom. The van der Waals surface area contributed by atoms with Crippen molar-refractivity contribution in [2.75, 3.05) is 44.1 Å². The number of hydrogen-bond donors (Lipinski definition) is 1. The van der Waals surface area contributed by atoms with E-state index in [4.69, 9.17) is 14.2 Å². The number of allylic oxidation sites excluding steroid dienone is 2. The number of benzene rings is 1. The quantitative estimate of drug-likeness (QED) is 0.441. The first-order chi connectivity index (χ1) is 17.6. The smallest absolute Gasteiger partial charge is 0.410 e. The molecule has 0 aromatic heterocycles. The van der Waals surface area contributed by atoms with E-state index < -0.39 is 23.4 Å². The molecule has 2 heterocycles. The van der Waals surface area contributed by atoms with Crippen LogP contribution in [0.4, 0.5) is 20.6 Å². The predicted molar refractivity (Wildman–Crippen MR) is 137 cm³/mol. The van der Waals surface area contributed by atoms with Crippen molar-refractivity contribution in [2.24, 2.45) is 5.92 Å². The zero-order valence-corrected chi connectivity index (χ0v) is 21.9. The van der Waals surface area contributed by atoms with Crippen molar-refractivity contribution in [3.63, 3.8) is 0 Å². The molecule has 1 aromatic carbocycles. The molecule has 1 N–H and O–H groups in total. The monoisotopic (exact) mass is 515 g/mol. The van der Waals surface area contributed by atoms with Gasteiger partial charge in [-0.2, -0.15) is 0 Å². The first-order valence-corrected chi connectivity index (χ1v) is 12.1. The van der Waals surface area contributed by atoms with E-state index in [9.17, 15) is 14.4 Å². The largest absolute Gasteiger partial charge is 0.465 e. The molecule has 3 rings (SSSR count). The van der Waals surface area contributed by atoms with Crippen LogP contribution in [0.3, 0.4) is 0 Å². The third-order valence-electron chi connectivity index (χ3n) is 5.97. The van der Waals surface area contributed by atoms with E-state index >= 15 is 4.39 Å². The van der Waals surface area contributed by atoms with Crippen LogP contribution in [0.2, 0.25) is 0 Å². The summed E-state index contributed by atoms with van der Waals surface area (Å²) >= 11 is 0. The van der Waals surface area contributed by atoms with E-state index in [1.807, 2.05) is 20.8 Å². The van der Waals surface area contributed by atoms with Crippen LogP contribution in [-0.2, 0) is 23.8 Å². The number of halogens is 1. The van der Waals surface area contributed by atoms with Gasteiger partial charge in [0.05, 0.1) is 31.2 Å². The number of piperidine rings is 1. The second kappa shape index (κ2) is 11.9. The van der Waals surface area contributed by atoms with E-state index in [0.29, 0.717) is 25.3 Å². The van der Waals surface area contributed by atoms with Crippen molar-refractivity contribution in [3.8, 4) is 0 Å². The van der Waals surface area contributed by atoms with Crippen molar-refractivity contribution in [1.82, 2.24) is 4.90 Å². The van der Waals surface area contributed by atoms with Gasteiger partial charge in [0.2, 0.25) is 0 Å². The summed E-state index contributed by atoms with van der Waals surface area (Å²) < 4.78 is 30.3. The highest BCUT2D eigenvalue weighted by atomic mass is 19.1. The average molecular weight is 516 g/mol. The lowest BCUT2D eigenvalue weighted by atomic mass is 9.97. The summed E-state index contributed by atoms with van der Waals surface area (Å²) in [5.41, 5.74) is -0.177. The first-order valence-electron chi connectivity index (χ1n) is 12.1. The van der Waals surface area contributed by atoms with Crippen LogP contribution in [-0.4, -0.2) is 62.4 Å². The molecular formula is C27H34FN3O6. The third-order valence-corrected chi connectivity index (χ3v) is 5.97. The molecular weight excluding hydrogens is 481 g/mol. The lowest BCUT2D eigenvalue weighted by Gasteiger charge is -2.34. The maximum atomic E-state index is 15.1. The van der Waals surface area contributed by atoms with Crippen LogP contribution < -0.4 is 10.2 Å². The molecule has 0 bridgehead atoms. The fourth-order valence-electron chi connectivity index (χ4n) is 4.13. The Balaban J connectivity index is 1.81. The fraction of sp³-hybridized carbons (Fsp3) is 0.444. The SMILES string of the molecule is COC(=O)C1=C(C(=O)OC)N(c2cccc(F)c2NCC2CCN(C(=O)OC(C)(C)C)CC2)C=CC=C1. The van der Waals surface area contributed by atoms with Crippen molar-refractivity contribution in [3.05, 3.63) is 59.7 Å². The minimum atomic E-state index is -0.777. The number of carbonyl (C=O) groups is 3. The number of methoxy groups -OCH3 is 2. The molecule has 37 heavy (non-hydrogen) atoms. The Bertz CT molecular complexity index is 1110. The molecule has 0 saturated carbocycles. The van der Waals surface area contributed by atoms with E-state index in [2.05, 4.69) is 5.32 Å². The summed E-state index contributed by atoms with van der Waals surface area (Å²) in [6, 6.07) is 4.48. The lowest BCUT2D eigenvalue weighted by Crippen LogP contribution is -2.42. The van der Waals surface area contributed by atoms with E-state index in [-0.39, 0.29) is 29.0 Å². The number of nitrogens with zero attached hydrogens (tertiary/aromatic N) is 2. The average Bonchev–Trinajstić information content (AvgIpc) is 3.09. The molecule has 1 amide bonds. The molecule has 1 saturated heterocycles. The van der Waals surface area contributed by atoms with Crippen LogP contribution in [0.15, 0.2) is 53.9 Å². The van der Waals surface area contributed by atoms with Crippen LogP contribution in [0.5, 0.6) is 0 Å². The summed E-state index contributed by atoms with van der Waals surface area (Å²) in [6.07, 6.45) is 7.32. The van der Waals surface area contributed by atoms with Crippen molar-refractivity contribution in [1.29, 1.82) is 0 Å². The van der Waals surface area contributed by atoms with Gasteiger partial charge in [0.15, 0.2) is 0 Å². The standard InChI is InChI=1S/C27H34FN3O6/c1-27(2,3)37-26(34)30-15-12-18(13-16-30)17-29-22-20(28)10-8-11-21(22)31-14-7-6-9-19(24(32)35-4)23(31)25(33)36-5/h6-11,14,18,29H,12-13,15-17H2,1-5H3. The lowest BCUT2D eigenvalue weighted by molar-refractivity contribution is -0.139. The molecule has 0 aliphatic carbocycles. The number of ether oxygens (including phenoxy) is 3. The number of likely N-dealkylation sites (tertiary alicyclic amines) is 1. The van der Waals surface area contributed by atoms with Gasteiger partial charge in [-0.15, -0.1) is 0 Å². The summed E-state index contributed by atoms with van der Waals surface area (Å²) in [5.74, 6) is -1.83. The van der Waals surface area contributed by atoms with Crippen LogP contribution >= 0.6 is 0 Å². The minimum absolute atomic E-state index is 0.0240. The summed E-state index contributed by atoms with van der Waals surface area (Å²) in [6.45, 7) is 7.04. The highest BCUT2D eigenvalue weighted by Gasteiger charge is 2.30. The van der Waals surface area contributed by atoms with Gasteiger partial charge in [0.25, 0.3) is 0 Å². The van der Waals surface area contributed by atoms with Crippen molar-refractivity contribution >= 4 is 29.4 Å². The van der Waals surface area contributed by atoms with Crippen LogP contribution in [0.1, 0.15) is 33.6 Å². The van der Waals surface area contributed by atoms with Gasteiger partial charge in [-0.05, 0) is 63.8 Å². The number of amides is 1. The van der Waals surface area contributed by atoms with Gasteiger partial charge in [0.1, 0.15) is 17.1 Å². The van der Waals surface area contributed by atoms with Gasteiger partial charge in [-0.3, -0.25) is 0 Å². The number of esters is 2. The van der Waals surface area contributed by atoms with E-state index in [1.54, 1.807) is 29.3 Å². The Kier molecular flexibility index (Phi) is 8.96. The summed E-state index contributed by atoms with van der Waals surface area (Å²) in [4.78, 5) is 40.6. The Labute approximate surface area is 216 Å². The molecule has 2 aliphatic rings. The maximum Gasteiger partial charge on any atom is 0.410 e. The van der Waals surface area contributed by atoms with E-state index in [1.165, 1.54) is 37.3 Å². The number of hydrogen-bond acceptors (Lipinski definition) is 8. The molecule has 1 aromatic rings. The zero-order valence-electron chi connectivity index (χ0n) is 21.9. The molecule has 200 valence electrons. The van der Waals surface area contributed by atoms with Gasteiger partial charge in [0, 0.05) is 25.8 Å². The number of nitrogens with one attached hydrogen (secondary N) is 1. The van der Waals surface area contributed by atoms with Gasteiger partial charge in [-0.25, -0.2) is 18.8 Å². The Morgan fingerprint density at radius 2 is 1.73 bits per heavy atom. The second-order valence-electron chi connectivity index (χ2n) is 9.74. The van der Waals surface area contributed by atoms with Gasteiger partial charge >= 0.3 is 18.0 Å². The fourth-order valence-corrected chi connectivity index (χ4v) is 4.13. The maximum absolute atomic E-state index is 15.1. The highest BCUT2D eigenvalue weighted by Crippen LogP contribution is 2.35. The second-order valence-corrected chi connectivity index (χ2v) is 9.74. The van der Waals surface area contributed by atoms with Crippen molar-refractivity contribution in [2.45, 2.75) is 39.2 Å². The topological polar surface area (TPSA) is 97.4 Å². The summed E-state index contributed by atoms with van der Waals surface area (Å²) in [5, 5.41) is 3.19. The van der Waals surface area contributed by atoms with Gasteiger partial charge < -0.3 is 29.3 Å². The molecule has 1 fully saturated rings. The van der Waals surface area contributed by atoms with Crippen LogP contribution in [0, 0.1) is 11.7 Å². The molecule has 0 radical (unpaired) electrons. The normalized spacial score (nSPS) is 16.4. The van der Waals surface area contributed by atoms with Crippen LogP contribution in [0.25, 0.3) is 0 Å². The van der Waals surface area contributed by atoms with Crippen molar-refractivity contribution < 1.29 is 33.0 Å². The van der Waals surface area contributed by atoms with Gasteiger partial charge in [-0.1, -0.05) is 12.1 Å². The number of anilines is 2. The molecule has 10 heteroatoms. The molecule has 2 aliphatic heterocycles. The Hall–Kier alpha value is -3.82. The highest BCUT2D eigenvalue weighted by molar-refractivity contribution is 6.06. The molecule has 0 atom stereocenters. The minimum Gasteiger partial charge on any atom is -0.465 e. The molecule has 0 unspecified atom stereocenters. The number of rotatable bonds is 6. The van der Waals surface area contributed by atoms with E-state index in [0.717, 1.165) is 12.8 Å². The Morgan fingerprint density at radius 1 is 1.05 bits per heavy atom. The predicted octanol–water partition coefficient (Wildman–Crippen LogP) is 4.37. The summed E-state index contributed by atoms with van der Waals surface area (Å²) in [7, 11) is 2.42. The first kappa shape index (κ1) is 27.8. The molecule has 0 spiro atoms. The molecule has 9 nitrogen and oxygen atoms in total. The zero-order chi connectivity index (χ0) is 27.2.